The van der Waals surface area contributed by atoms with Crippen LogP contribution in [0.25, 0.3) is 0 Å². The van der Waals surface area contributed by atoms with Gasteiger partial charge in [-0.1, -0.05) is 12.1 Å². The quantitative estimate of drug-likeness (QED) is 0.859. The van der Waals surface area contributed by atoms with E-state index in [9.17, 15) is 12.8 Å². The molecule has 88 valence electrons. The number of sulfone groups is 1. The average molecular weight is 243 g/mol. The van der Waals surface area contributed by atoms with Gasteiger partial charge in [0.15, 0.2) is 9.84 Å². The summed E-state index contributed by atoms with van der Waals surface area (Å²) in [7, 11) is -3.49. The van der Waals surface area contributed by atoms with Crippen LogP contribution in [0, 0.1) is 5.82 Å². The van der Waals surface area contributed by atoms with Crippen LogP contribution in [-0.2, 0) is 9.84 Å². The van der Waals surface area contributed by atoms with Crippen molar-refractivity contribution in [2.24, 2.45) is 0 Å². The van der Waals surface area contributed by atoms with E-state index >= 15 is 0 Å². The molecule has 1 atom stereocenters. The van der Waals surface area contributed by atoms with E-state index in [1.165, 1.54) is 6.07 Å². The molecule has 0 saturated carbocycles. The predicted octanol–water partition coefficient (Wildman–Crippen LogP) is 1.65. The maximum absolute atomic E-state index is 14.0. The van der Waals surface area contributed by atoms with Crippen molar-refractivity contribution in [2.75, 3.05) is 12.8 Å². The van der Waals surface area contributed by atoms with Gasteiger partial charge in [-0.25, -0.2) is 12.8 Å². The minimum absolute atomic E-state index is 0.0540. The lowest BCUT2D eigenvalue weighted by atomic mass is 10.1. The van der Waals surface area contributed by atoms with Crippen molar-refractivity contribution in [2.45, 2.75) is 23.8 Å². The lowest BCUT2D eigenvalue weighted by Gasteiger charge is -2.13. The molecule has 0 bridgehead atoms. The zero-order chi connectivity index (χ0) is 11.8. The first-order valence-corrected chi connectivity index (χ1v) is 7.11. The molecule has 0 aromatic heterocycles. The number of benzene rings is 1. The monoisotopic (exact) mass is 243 g/mol. The van der Waals surface area contributed by atoms with Gasteiger partial charge in [-0.05, 0) is 25.5 Å². The van der Waals surface area contributed by atoms with Gasteiger partial charge >= 0.3 is 0 Å². The SMILES string of the molecule is CS(=O)(=O)c1cccc(C2CCCN2)c1F. The van der Waals surface area contributed by atoms with Crippen molar-refractivity contribution in [3.05, 3.63) is 29.6 Å². The first-order valence-electron chi connectivity index (χ1n) is 5.22. The molecule has 5 heteroatoms. The predicted molar refractivity (Wildman–Crippen MR) is 59.5 cm³/mol. The molecule has 1 saturated heterocycles. The Kier molecular flexibility index (Phi) is 2.99. The molecule has 0 radical (unpaired) electrons. The lowest BCUT2D eigenvalue weighted by molar-refractivity contribution is 0.531. The summed E-state index contributed by atoms with van der Waals surface area (Å²) < 4.78 is 36.7. The Labute approximate surface area is 94.6 Å². The summed E-state index contributed by atoms with van der Waals surface area (Å²) in [6.45, 7) is 0.854. The molecule has 1 aliphatic rings. The van der Waals surface area contributed by atoms with E-state index < -0.39 is 15.7 Å². The largest absolute Gasteiger partial charge is 0.310 e. The molecule has 0 amide bonds. The summed E-state index contributed by atoms with van der Waals surface area (Å²) in [6, 6.07) is 4.49. The number of nitrogens with one attached hydrogen (secondary N) is 1. The van der Waals surface area contributed by atoms with Gasteiger partial charge in [0.2, 0.25) is 0 Å². The first-order chi connectivity index (χ1) is 7.50. The molecule has 0 spiro atoms. The normalized spacial score (nSPS) is 21.2. The van der Waals surface area contributed by atoms with E-state index in [4.69, 9.17) is 0 Å². The Bertz CT molecular complexity index is 493. The van der Waals surface area contributed by atoms with Crippen molar-refractivity contribution >= 4 is 9.84 Å². The van der Waals surface area contributed by atoms with Crippen LogP contribution in [0.5, 0.6) is 0 Å². The molecule has 0 aliphatic carbocycles. The molecule has 1 N–H and O–H groups in total. The van der Waals surface area contributed by atoms with Gasteiger partial charge in [0.25, 0.3) is 0 Å². The van der Waals surface area contributed by atoms with Gasteiger partial charge in [0.1, 0.15) is 10.7 Å². The highest BCUT2D eigenvalue weighted by atomic mass is 32.2. The second-order valence-corrected chi connectivity index (χ2v) is 6.06. The van der Waals surface area contributed by atoms with E-state index in [0.717, 1.165) is 25.6 Å². The van der Waals surface area contributed by atoms with Crippen molar-refractivity contribution < 1.29 is 12.8 Å². The molecule has 2 rings (SSSR count). The summed E-state index contributed by atoms with van der Waals surface area (Å²) in [5.74, 6) is -0.607. The lowest BCUT2D eigenvalue weighted by Crippen LogP contribution is -2.15. The van der Waals surface area contributed by atoms with E-state index in [0.29, 0.717) is 5.56 Å². The Morgan fingerprint density at radius 1 is 1.44 bits per heavy atom. The smallest absolute Gasteiger partial charge is 0.178 e. The first kappa shape index (κ1) is 11.5. The third-order valence-corrected chi connectivity index (χ3v) is 3.94. The second-order valence-electron chi connectivity index (χ2n) is 4.08. The van der Waals surface area contributed by atoms with E-state index in [-0.39, 0.29) is 10.9 Å². The summed E-state index contributed by atoms with van der Waals surface area (Å²) in [4.78, 5) is -0.210. The fourth-order valence-corrected chi connectivity index (χ4v) is 2.80. The number of hydrogen-bond acceptors (Lipinski definition) is 3. The minimum atomic E-state index is -3.49. The van der Waals surface area contributed by atoms with E-state index in [1.54, 1.807) is 12.1 Å². The Hall–Kier alpha value is -0.940. The standard InChI is InChI=1S/C11H14FNO2S/c1-16(14,15)10-6-2-4-8(11(10)12)9-5-3-7-13-9/h2,4,6,9,13H,3,5,7H2,1H3. The maximum Gasteiger partial charge on any atom is 0.178 e. The Morgan fingerprint density at radius 2 is 2.19 bits per heavy atom. The fourth-order valence-electron chi connectivity index (χ4n) is 2.03. The Morgan fingerprint density at radius 3 is 2.75 bits per heavy atom. The van der Waals surface area contributed by atoms with Crippen molar-refractivity contribution in [1.82, 2.24) is 5.32 Å². The summed E-state index contributed by atoms with van der Waals surface area (Å²) in [5, 5.41) is 3.16. The molecule has 16 heavy (non-hydrogen) atoms. The molecular formula is C11H14FNO2S. The average Bonchev–Trinajstić information content (AvgIpc) is 2.69. The highest BCUT2D eigenvalue weighted by Gasteiger charge is 2.23. The summed E-state index contributed by atoms with van der Waals surface area (Å²) in [5.41, 5.74) is 0.459. The molecule has 1 aromatic rings. The van der Waals surface area contributed by atoms with E-state index in [1.807, 2.05) is 0 Å². The van der Waals surface area contributed by atoms with Gasteiger partial charge in [-0.2, -0.15) is 0 Å². The maximum atomic E-state index is 14.0. The van der Waals surface area contributed by atoms with Crippen molar-refractivity contribution in [3.63, 3.8) is 0 Å². The molecule has 1 fully saturated rings. The highest BCUT2D eigenvalue weighted by Crippen LogP contribution is 2.28. The van der Waals surface area contributed by atoms with Crippen LogP contribution in [0.15, 0.2) is 23.1 Å². The molecule has 1 unspecified atom stereocenters. The fraction of sp³-hybridized carbons (Fsp3) is 0.455. The molecule has 3 nitrogen and oxygen atoms in total. The van der Waals surface area contributed by atoms with E-state index in [2.05, 4.69) is 5.32 Å². The second kappa shape index (κ2) is 4.14. The molecule has 1 aromatic carbocycles. The summed E-state index contributed by atoms with van der Waals surface area (Å²) >= 11 is 0. The van der Waals surface area contributed by atoms with Crippen molar-refractivity contribution in [1.29, 1.82) is 0 Å². The van der Waals surface area contributed by atoms with Crippen LogP contribution < -0.4 is 5.32 Å². The third-order valence-electron chi connectivity index (χ3n) is 2.83. The van der Waals surface area contributed by atoms with Gasteiger partial charge in [0.05, 0.1) is 0 Å². The molecular weight excluding hydrogens is 229 g/mol. The van der Waals surface area contributed by atoms with Crippen LogP contribution in [-0.4, -0.2) is 21.2 Å². The minimum Gasteiger partial charge on any atom is -0.310 e. The number of halogens is 1. The van der Waals surface area contributed by atoms with Crippen LogP contribution in [0.4, 0.5) is 4.39 Å². The number of rotatable bonds is 2. The third kappa shape index (κ3) is 2.10. The van der Waals surface area contributed by atoms with Crippen LogP contribution in [0.2, 0.25) is 0 Å². The summed E-state index contributed by atoms with van der Waals surface area (Å²) in [6.07, 6.45) is 2.87. The number of hydrogen-bond donors (Lipinski definition) is 1. The Balaban J connectivity index is 2.48. The van der Waals surface area contributed by atoms with Gasteiger partial charge in [-0.3, -0.25) is 0 Å². The van der Waals surface area contributed by atoms with Crippen LogP contribution in [0.1, 0.15) is 24.4 Å². The van der Waals surface area contributed by atoms with Crippen LogP contribution >= 0.6 is 0 Å². The zero-order valence-corrected chi connectivity index (χ0v) is 9.85. The molecule has 1 heterocycles. The van der Waals surface area contributed by atoms with Crippen LogP contribution in [0.3, 0.4) is 0 Å². The van der Waals surface area contributed by atoms with Gasteiger partial charge in [-0.15, -0.1) is 0 Å². The van der Waals surface area contributed by atoms with Gasteiger partial charge < -0.3 is 5.32 Å². The molecule has 1 aliphatic heterocycles. The topological polar surface area (TPSA) is 46.2 Å². The zero-order valence-electron chi connectivity index (χ0n) is 9.03. The van der Waals surface area contributed by atoms with Gasteiger partial charge in [0, 0.05) is 17.9 Å². The van der Waals surface area contributed by atoms with Crippen molar-refractivity contribution in [3.8, 4) is 0 Å². The highest BCUT2D eigenvalue weighted by molar-refractivity contribution is 7.90.